The molecule has 0 saturated heterocycles. The lowest BCUT2D eigenvalue weighted by Crippen LogP contribution is -2.23. The van der Waals surface area contributed by atoms with Crippen LogP contribution in [0.25, 0.3) is 0 Å². The second kappa shape index (κ2) is 8.57. The van der Waals surface area contributed by atoms with Crippen LogP contribution >= 0.6 is 0 Å². The predicted octanol–water partition coefficient (Wildman–Crippen LogP) is 2.30. The van der Waals surface area contributed by atoms with E-state index in [1.54, 1.807) is 13.3 Å². The number of unbranched alkanes of at least 4 members (excludes halogenated alkanes) is 4. The summed E-state index contributed by atoms with van der Waals surface area (Å²) in [5.74, 6) is 0.0468. The topological polar surface area (TPSA) is 29.1 Å². The van der Waals surface area contributed by atoms with E-state index in [0.29, 0.717) is 0 Å². The first kappa shape index (κ1) is 11.5. The van der Waals surface area contributed by atoms with Crippen LogP contribution in [-0.4, -0.2) is 12.5 Å². The molecule has 0 rings (SSSR count). The molecule has 0 aromatic carbocycles. The SMILES string of the molecule is C[CH]C(=O)NCCCCCCC. The summed E-state index contributed by atoms with van der Waals surface area (Å²) in [4.78, 5) is 10.7. The molecule has 0 aromatic heterocycles. The van der Waals surface area contributed by atoms with E-state index in [4.69, 9.17) is 0 Å². The first-order valence-corrected chi connectivity index (χ1v) is 4.88. The van der Waals surface area contributed by atoms with Gasteiger partial charge in [0.15, 0.2) is 0 Å². The van der Waals surface area contributed by atoms with E-state index >= 15 is 0 Å². The Morgan fingerprint density at radius 2 is 1.92 bits per heavy atom. The highest BCUT2D eigenvalue weighted by atomic mass is 16.1. The van der Waals surface area contributed by atoms with Crippen LogP contribution in [-0.2, 0) is 4.79 Å². The zero-order valence-electron chi connectivity index (χ0n) is 8.23. The second-order valence-electron chi connectivity index (χ2n) is 2.99. The average molecular weight is 170 g/mol. The lowest BCUT2D eigenvalue weighted by molar-refractivity contribution is -0.117. The largest absolute Gasteiger partial charge is 0.356 e. The summed E-state index contributed by atoms with van der Waals surface area (Å²) in [6.07, 6.45) is 7.79. The van der Waals surface area contributed by atoms with Gasteiger partial charge in [-0.1, -0.05) is 39.5 Å². The molecule has 1 amide bonds. The quantitative estimate of drug-likeness (QED) is 0.584. The maximum Gasteiger partial charge on any atom is 0.223 e. The second-order valence-corrected chi connectivity index (χ2v) is 2.99. The average Bonchev–Trinajstić information content (AvgIpc) is 2.10. The highest BCUT2D eigenvalue weighted by molar-refractivity contribution is 5.83. The normalized spacial score (nSPS) is 9.83. The summed E-state index contributed by atoms with van der Waals surface area (Å²) in [6, 6.07) is 0. The van der Waals surface area contributed by atoms with Gasteiger partial charge in [-0.15, -0.1) is 0 Å². The molecule has 0 aliphatic rings. The monoisotopic (exact) mass is 170 g/mol. The van der Waals surface area contributed by atoms with E-state index < -0.39 is 0 Å². The summed E-state index contributed by atoms with van der Waals surface area (Å²) in [5, 5.41) is 2.81. The third kappa shape index (κ3) is 7.58. The molecule has 0 atom stereocenters. The van der Waals surface area contributed by atoms with Crippen molar-refractivity contribution in [3.05, 3.63) is 6.42 Å². The molecule has 0 aromatic rings. The first-order valence-electron chi connectivity index (χ1n) is 4.88. The van der Waals surface area contributed by atoms with Crippen molar-refractivity contribution >= 4 is 5.91 Å². The number of carbonyl (C=O) groups is 1. The molecule has 0 fully saturated rings. The van der Waals surface area contributed by atoms with Gasteiger partial charge in [0.2, 0.25) is 5.91 Å². The minimum atomic E-state index is 0.0468. The lowest BCUT2D eigenvalue weighted by Gasteiger charge is -2.02. The summed E-state index contributed by atoms with van der Waals surface area (Å²) in [7, 11) is 0. The number of hydrogen-bond donors (Lipinski definition) is 1. The molecule has 0 bridgehead atoms. The molecule has 12 heavy (non-hydrogen) atoms. The third-order valence-electron chi connectivity index (χ3n) is 1.84. The molecular formula is C10H20NO. The Morgan fingerprint density at radius 1 is 1.25 bits per heavy atom. The van der Waals surface area contributed by atoms with Crippen molar-refractivity contribution in [2.75, 3.05) is 6.54 Å². The van der Waals surface area contributed by atoms with Gasteiger partial charge in [-0.3, -0.25) is 4.79 Å². The Morgan fingerprint density at radius 3 is 2.50 bits per heavy atom. The maximum atomic E-state index is 10.7. The van der Waals surface area contributed by atoms with Crippen molar-refractivity contribution in [3.63, 3.8) is 0 Å². The Hall–Kier alpha value is -0.530. The molecule has 0 heterocycles. The highest BCUT2D eigenvalue weighted by Crippen LogP contribution is 2.00. The highest BCUT2D eigenvalue weighted by Gasteiger charge is 1.94. The van der Waals surface area contributed by atoms with Crippen molar-refractivity contribution in [1.29, 1.82) is 0 Å². The Kier molecular flexibility index (Phi) is 8.19. The molecule has 2 heteroatoms. The van der Waals surface area contributed by atoms with Crippen molar-refractivity contribution in [3.8, 4) is 0 Å². The van der Waals surface area contributed by atoms with Gasteiger partial charge in [-0.25, -0.2) is 0 Å². The van der Waals surface area contributed by atoms with Gasteiger partial charge < -0.3 is 5.32 Å². The van der Waals surface area contributed by atoms with Crippen LogP contribution in [0.5, 0.6) is 0 Å². The van der Waals surface area contributed by atoms with Crippen molar-refractivity contribution in [2.45, 2.75) is 46.0 Å². The third-order valence-corrected chi connectivity index (χ3v) is 1.84. The molecule has 0 saturated carbocycles. The molecule has 2 nitrogen and oxygen atoms in total. The minimum absolute atomic E-state index is 0.0468. The van der Waals surface area contributed by atoms with E-state index in [1.807, 2.05) is 0 Å². The van der Waals surface area contributed by atoms with Gasteiger partial charge in [-0.05, 0) is 6.42 Å². The molecule has 0 spiro atoms. The zero-order chi connectivity index (χ0) is 9.23. The summed E-state index contributed by atoms with van der Waals surface area (Å²) in [5.41, 5.74) is 0. The fraction of sp³-hybridized carbons (Fsp3) is 0.800. The fourth-order valence-electron chi connectivity index (χ4n) is 1.04. The molecule has 0 aliphatic heterocycles. The molecule has 0 aliphatic carbocycles. The van der Waals surface area contributed by atoms with Gasteiger partial charge in [0.05, 0.1) is 0 Å². The number of rotatable bonds is 7. The van der Waals surface area contributed by atoms with Crippen LogP contribution < -0.4 is 5.32 Å². The Labute approximate surface area is 75.7 Å². The number of carbonyl (C=O) groups excluding carboxylic acids is 1. The van der Waals surface area contributed by atoms with Gasteiger partial charge >= 0.3 is 0 Å². The smallest absolute Gasteiger partial charge is 0.223 e. The van der Waals surface area contributed by atoms with Crippen molar-refractivity contribution in [2.24, 2.45) is 0 Å². The molecule has 1 radical (unpaired) electrons. The van der Waals surface area contributed by atoms with E-state index in [2.05, 4.69) is 12.2 Å². The van der Waals surface area contributed by atoms with Crippen LogP contribution in [0.15, 0.2) is 0 Å². The maximum absolute atomic E-state index is 10.7. The van der Waals surface area contributed by atoms with E-state index in [1.165, 1.54) is 25.7 Å². The lowest BCUT2D eigenvalue weighted by atomic mass is 10.1. The van der Waals surface area contributed by atoms with Crippen LogP contribution in [0, 0.1) is 6.42 Å². The molecule has 1 N–H and O–H groups in total. The Bertz CT molecular complexity index is 112. The van der Waals surface area contributed by atoms with Crippen molar-refractivity contribution < 1.29 is 4.79 Å². The standard InChI is InChI=1S/C10H20NO/c1-3-5-6-7-8-9-11-10(12)4-2/h4H,3,5-9H2,1-2H3,(H,11,12). The molecule has 71 valence electrons. The number of amides is 1. The van der Waals surface area contributed by atoms with E-state index in [9.17, 15) is 4.79 Å². The molecular weight excluding hydrogens is 150 g/mol. The predicted molar refractivity (Wildman–Crippen MR) is 51.7 cm³/mol. The van der Waals surface area contributed by atoms with Crippen LogP contribution in [0.2, 0.25) is 0 Å². The van der Waals surface area contributed by atoms with Crippen LogP contribution in [0.3, 0.4) is 0 Å². The number of nitrogens with one attached hydrogen (secondary N) is 1. The molecule has 0 unspecified atom stereocenters. The van der Waals surface area contributed by atoms with Crippen molar-refractivity contribution in [1.82, 2.24) is 5.32 Å². The first-order chi connectivity index (χ1) is 5.81. The van der Waals surface area contributed by atoms with Gasteiger partial charge in [-0.2, -0.15) is 0 Å². The number of hydrogen-bond acceptors (Lipinski definition) is 1. The summed E-state index contributed by atoms with van der Waals surface area (Å²) >= 11 is 0. The fourth-order valence-corrected chi connectivity index (χ4v) is 1.04. The zero-order valence-corrected chi connectivity index (χ0v) is 8.23. The van der Waals surface area contributed by atoms with Crippen LogP contribution in [0.1, 0.15) is 46.0 Å². The summed E-state index contributed by atoms with van der Waals surface area (Å²) in [6.45, 7) is 4.78. The van der Waals surface area contributed by atoms with E-state index in [0.717, 1.165) is 13.0 Å². The van der Waals surface area contributed by atoms with Gasteiger partial charge in [0.1, 0.15) is 0 Å². The van der Waals surface area contributed by atoms with E-state index in [-0.39, 0.29) is 5.91 Å². The van der Waals surface area contributed by atoms with Gasteiger partial charge in [0.25, 0.3) is 0 Å². The minimum Gasteiger partial charge on any atom is -0.356 e. The van der Waals surface area contributed by atoms with Gasteiger partial charge in [0, 0.05) is 13.0 Å². The summed E-state index contributed by atoms with van der Waals surface area (Å²) < 4.78 is 0. The van der Waals surface area contributed by atoms with Crippen LogP contribution in [0.4, 0.5) is 0 Å². The Balaban J connectivity index is 2.95.